The number of halogens is 3. The molecule has 0 saturated heterocycles. The van der Waals surface area contributed by atoms with Crippen LogP contribution in [0, 0.1) is 0 Å². The molecule has 2 heterocycles. The van der Waals surface area contributed by atoms with E-state index in [-0.39, 0.29) is 22.5 Å². The number of benzene rings is 2. The molecule has 2 unspecified atom stereocenters. The van der Waals surface area contributed by atoms with E-state index in [0.717, 1.165) is 10.7 Å². The molecule has 1 aromatic heterocycles. The predicted molar refractivity (Wildman–Crippen MR) is 98.5 cm³/mol. The van der Waals surface area contributed by atoms with Gasteiger partial charge in [0.1, 0.15) is 11.9 Å². The Balaban J connectivity index is 1.93. The van der Waals surface area contributed by atoms with Crippen LogP contribution in [0.5, 0.6) is 0 Å². The van der Waals surface area contributed by atoms with Crippen LogP contribution < -0.4 is 5.32 Å². The number of nitrogens with zero attached hydrogens (tertiary/aromatic N) is 2. The van der Waals surface area contributed by atoms with Crippen molar-refractivity contribution in [3.8, 4) is 0 Å². The van der Waals surface area contributed by atoms with Gasteiger partial charge in [-0.15, -0.1) is 0 Å². The molecule has 0 bridgehead atoms. The van der Waals surface area contributed by atoms with Gasteiger partial charge < -0.3 is 15.5 Å². The van der Waals surface area contributed by atoms with Gasteiger partial charge in [-0.2, -0.15) is 18.3 Å². The molecule has 0 radical (unpaired) electrons. The molecule has 0 fully saturated rings. The molecule has 3 N–H and O–H groups in total. The first-order valence-electron chi connectivity index (χ1n) is 8.76. The Morgan fingerprint density at radius 1 is 0.933 bits per heavy atom. The topological polar surface area (TPSA) is 104 Å². The van der Waals surface area contributed by atoms with Crippen molar-refractivity contribution < 1.29 is 33.0 Å². The Hall–Kier alpha value is -3.82. The lowest BCUT2D eigenvalue weighted by molar-refractivity contribution is -0.141. The van der Waals surface area contributed by atoms with E-state index in [1.165, 1.54) is 36.4 Å². The maximum Gasteiger partial charge on any atom is 0.435 e. The van der Waals surface area contributed by atoms with E-state index in [2.05, 4.69) is 10.4 Å². The average molecular weight is 417 g/mol. The Labute approximate surface area is 167 Å². The SMILES string of the molecule is O=C(O)c1ccccc1C1Nc2cc(C(F)(F)F)nn2C1c1ccccc1C(=O)O. The maximum absolute atomic E-state index is 13.2. The molecular weight excluding hydrogens is 403 g/mol. The minimum Gasteiger partial charge on any atom is -0.478 e. The number of carboxylic acids is 2. The van der Waals surface area contributed by atoms with Gasteiger partial charge in [0, 0.05) is 6.07 Å². The first-order chi connectivity index (χ1) is 14.2. The van der Waals surface area contributed by atoms with Gasteiger partial charge in [-0.25, -0.2) is 14.3 Å². The van der Waals surface area contributed by atoms with Crippen molar-refractivity contribution in [2.24, 2.45) is 0 Å². The number of carbonyl (C=O) groups is 2. The number of hydrogen-bond acceptors (Lipinski definition) is 4. The Kier molecular flexibility index (Phi) is 4.49. The summed E-state index contributed by atoms with van der Waals surface area (Å²) in [7, 11) is 0. The number of aromatic carboxylic acids is 2. The highest BCUT2D eigenvalue weighted by Crippen LogP contribution is 2.46. The number of rotatable bonds is 4. The van der Waals surface area contributed by atoms with E-state index >= 15 is 0 Å². The molecule has 0 amide bonds. The lowest BCUT2D eigenvalue weighted by Gasteiger charge is -2.24. The molecule has 0 aliphatic carbocycles. The Bertz CT molecular complexity index is 1160. The lowest BCUT2D eigenvalue weighted by atomic mass is 9.89. The quantitative estimate of drug-likeness (QED) is 0.592. The summed E-state index contributed by atoms with van der Waals surface area (Å²) < 4.78 is 40.6. The molecule has 4 rings (SSSR count). The Morgan fingerprint density at radius 3 is 2.03 bits per heavy atom. The molecule has 1 aliphatic heterocycles. The molecule has 10 heteroatoms. The standard InChI is InChI=1S/C20H14F3N3O4/c21-20(22,23)14-9-15-24-16(10-5-1-3-7-12(10)18(27)28)17(26(15)25-14)11-6-2-4-8-13(11)19(29)30/h1-9,16-17,24H,(H,27,28)(H,29,30). The summed E-state index contributed by atoms with van der Waals surface area (Å²) >= 11 is 0. The number of anilines is 1. The zero-order chi connectivity index (χ0) is 21.6. The fraction of sp³-hybridized carbons (Fsp3) is 0.150. The normalized spacial score (nSPS) is 18.0. The molecule has 7 nitrogen and oxygen atoms in total. The predicted octanol–water partition coefficient (Wildman–Crippen LogP) is 4.05. The van der Waals surface area contributed by atoms with E-state index < -0.39 is 35.9 Å². The molecular formula is C20H14F3N3O4. The van der Waals surface area contributed by atoms with Crippen molar-refractivity contribution in [3.63, 3.8) is 0 Å². The van der Waals surface area contributed by atoms with Crippen LogP contribution in [0.25, 0.3) is 0 Å². The minimum absolute atomic E-state index is 0.0118. The van der Waals surface area contributed by atoms with Crippen LogP contribution in [0.2, 0.25) is 0 Å². The monoisotopic (exact) mass is 417 g/mol. The molecule has 2 atom stereocenters. The van der Waals surface area contributed by atoms with Crippen LogP contribution in [0.4, 0.5) is 19.0 Å². The summed E-state index contributed by atoms with van der Waals surface area (Å²) in [4.78, 5) is 23.4. The van der Waals surface area contributed by atoms with Gasteiger partial charge in [-0.05, 0) is 23.3 Å². The molecule has 3 aromatic rings. The number of hydrogen-bond donors (Lipinski definition) is 3. The first-order valence-corrected chi connectivity index (χ1v) is 8.76. The third-order valence-corrected chi connectivity index (χ3v) is 4.94. The van der Waals surface area contributed by atoms with Gasteiger partial charge >= 0.3 is 18.1 Å². The maximum atomic E-state index is 13.2. The van der Waals surface area contributed by atoms with Crippen molar-refractivity contribution in [2.45, 2.75) is 18.3 Å². The largest absolute Gasteiger partial charge is 0.478 e. The van der Waals surface area contributed by atoms with Crippen molar-refractivity contribution in [1.82, 2.24) is 9.78 Å². The summed E-state index contributed by atoms with van der Waals surface area (Å²) in [6.07, 6.45) is -4.69. The molecule has 0 saturated carbocycles. The number of carboxylic acid groups (broad SMARTS) is 2. The van der Waals surface area contributed by atoms with Gasteiger partial charge in [-0.3, -0.25) is 0 Å². The molecule has 154 valence electrons. The first kappa shape index (κ1) is 19.5. The highest BCUT2D eigenvalue weighted by Gasteiger charge is 2.43. The summed E-state index contributed by atoms with van der Waals surface area (Å²) in [6.45, 7) is 0. The Morgan fingerprint density at radius 2 is 1.47 bits per heavy atom. The number of fused-ring (bicyclic) bond motifs is 1. The number of aromatic nitrogens is 2. The van der Waals surface area contributed by atoms with Gasteiger partial charge in [0.2, 0.25) is 0 Å². The number of alkyl halides is 3. The molecule has 30 heavy (non-hydrogen) atoms. The van der Waals surface area contributed by atoms with Crippen LogP contribution in [-0.2, 0) is 6.18 Å². The smallest absolute Gasteiger partial charge is 0.435 e. The van der Waals surface area contributed by atoms with Gasteiger partial charge in [0.25, 0.3) is 0 Å². The molecule has 1 aliphatic rings. The fourth-order valence-electron chi connectivity index (χ4n) is 3.70. The second-order valence-electron chi connectivity index (χ2n) is 6.71. The summed E-state index contributed by atoms with van der Waals surface area (Å²) in [5, 5.41) is 25.7. The lowest BCUT2D eigenvalue weighted by Crippen LogP contribution is -2.22. The van der Waals surface area contributed by atoms with Crippen LogP contribution >= 0.6 is 0 Å². The highest BCUT2D eigenvalue weighted by atomic mass is 19.4. The van der Waals surface area contributed by atoms with Crippen molar-refractivity contribution in [3.05, 3.63) is 82.5 Å². The van der Waals surface area contributed by atoms with E-state index in [0.29, 0.717) is 5.56 Å². The van der Waals surface area contributed by atoms with Crippen molar-refractivity contribution >= 4 is 17.8 Å². The average Bonchev–Trinajstić information content (AvgIpc) is 3.25. The molecule has 2 aromatic carbocycles. The second-order valence-corrected chi connectivity index (χ2v) is 6.71. The van der Waals surface area contributed by atoms with E-state index in [4.69, 9.17) is 0 Å². The zero-order valence-electron chi connectivity index (χ0n) is 15.1. The van der Waals surface area contributed by atoms with E-state index in [9.17, 15) is 33.0 Å². The zero-order valence-corrected chi connectivity index (χ0v) is 15.1. The highest BCUT2D eigenvalue weighted by molar-refractivity contribution is 5.91. The third-order valence-electron chi connectivity index (χ3n) is 4.94. The minimum atomic E-state index is -4.69. The molecule has 0 spiro atoms. The van der Waals surface area contributed by atoms with Crippen LogP contribution in [0.15, 0.2) is 54.6 Å². The van der Waals surface area contributed by atoms with E-state index in [1.54, 1.807) is 12.1 Å². The third kappa shape index (κ3) is 3.15. The van der Waals surface area contributed by atoms with Gasteiger partial charge in [0.05, 0.1) is 17.2 Å². The van der Waals surface area contributed by atoms with Crippen molar-refractivity contribution in [2.75, 3.05) is 5.32 Å². The summed E-state index contributed by atoms with van der Waals surface area (Å²) in [5.74, 6) is -2.46. The van der Waals surface area contributed by atoms with Crippen LogP contribution in [0.3, 0.4) is 0 Å². The van der Waals surface area contributed by atoms with E-state index in [1.807, 2.05) is 0 Å². The van der Waals surface area contributed by atoms with Crippen LogP contribution in [-0.4, -0.2) is 31.9 Å². The second kappa shape index (κ2) is 6.90. The summed E-state index contributed by atoms with van der Waals surface area (Å²) in [5.41, 5.74) is -0.783. The summed E-state index contributed by atoms with van der Waals surface area (Å²) in [6, 6.07) is 10.9. The fourth-order valence-corrected chi connectivity index (χ4v) is 3.70. The van der Waals surface area contributed by atoms with Gasteiger partial charge in [-0.1, -0.05) is 36.4 Å². The van der Waals surface area contributed by atoms with Crippen molar-refractivity contribution in [1.29, 1.82) is 0 Å². The van der Waals surface area contributed by atoms with Gasteiger partial charge in [0.15, 0.2) is 5.69 Å². The number of nitrogens with one attached hydrogen (secondary N) is 1. The van der Waals surface area contributed by atoms with Crippen LogP contribution in [0.1, 0.15) is 49.6 Å².